The number of rotatable bonds is 8. The Balaban J connectivity index is 3.77. The first-order chi connectivity index (χ1) is 7.10. The Morgan fingerprint density at radius 3 is 2.47 bits per heavy atom. The molecule has 0 aromatic rings. The molecule has 1 unspecified atom stereocenters. The number of ketones is 1. The molecule has 0 aliphatic heterocycles. The van der Waals surface area contributed by atoms with Crippen molar-refractivity contribution in [3.8, 4) is 0 Å². The normalized spacial score (nSPS) is 12.2. The zero-order valence-electron chi connectivity index (χ0n) is 9.58. The van der Waals surface area contributed by atoms with Gasteiger partial charge in [0.1, 0.15) is 5.78 Å². The first kappa shape index (κ1) is 14.1. The highest BCUT2D eigenvalue weighted by Crippen LogP contribution is 2.09. The summed E-state index contributed by atoms with van der Waals surface area (Å²) in [7, 11) is 0. The molecule has 15 heavy (non-hydrogen) atoms. The van der Waals surface area contributed by atoms with Gasteiger partial charge in [0, 0.05) is 13.2 Å². The maximum absolute atomic E-state index is 11.2. The third-order valence-electron chi connectivity index (χ3n) is 2.23. The lowest BCUT2D eigenvalue weighted by Gasteiger charge is -2.15. The van der Waals surface area contributed by atoms with Crippen molar-refractivity contribution in [2.75, 3.05) is 13.2 Å². The van der Waals surface area contributed by atoms with Crippen LogP contribution < -0.4 is 5.32 Å². The summed E-state index contributed by atoms with van der Waals surface area (Å²) >= 11 is 0. The molecule has 0 aromatic carbocycles. The fourth-order valence-corrected chi connectivity index (χ4v) is 1.49. The number of Topliss-reactive ketones (excluding diaryl/α,β-unsaturated/α-hetero) is 1. The van der Waals surface area contributed by atoms with E-state index in [1.165, 1.54) is 6.92 Å². The van der Waals surface area contributed by atoms with Gasteiger partial charge in [0.05, 0.1) is 6.42 Å². The Kier molecular flexibility index (Phi) is 7.91. The van der Waals surface area contributed by atoms with Gasteiger partial charge in [-0.05, 0) is 25.7 Å². The summed E-state index contributed by atoms with van der Waals surface area (Å²) in [6.07, 6.45) is 2.68. The van der Waals surface area contributed by atoms with Crippen LogP contribution in [0.15, 0.2) is 0 Å². The van der Waals surface area contributed by atoms with E-state index in [1.807, 2.05) is 0 Å². The number of aliphatic hydroxyl groups excluding tert-OH is 1. The summed E-state index contributed by atoms with van der Waals surface area (Å²) in [5.74, 6) is -0.0286. The summed E-state index contributed by atoms with van der Waals surface area (Å²) in [5, 5.41) is 11.5. The first-order valence-electron chi connectivity index (χ1n) is 5.47. The molecule has 0 rings (SSSR count). The number of nitrogens with one attached hydrogen (secondary N) is 1. The van der Waals surface area contributed by atoms with Gasteiger partial charge in [0.2, 0.25) is 5.91 Å². The standard InChI is InChI=1S/C11H21NO3/c1-3-4-10(5-6-13)8-12-11(15)7-9(2)14/h10,13H,3-8H2,1-2H3,(H,12,15). The fourth-order valence-electron chi connectivity index (χ4n) is 1.49. The second kappa shape index (κ2) is 8.41. The van der Waals surface area contributed by atoms with Crippen molar-refractivity contribution >= 4 is 11.7 Å². The highest BCUT2D eigenvalue weighted by molar-refractivity contribution is 5.96. The van der Waals surface area contributed by atoms with Crippen LogP contribution in [0.5, 0.6) is 0 Å². The molecule has 0 heterocycles. The Labute approximate surface area is 91.1 Å². The Morgan fingerprint density at radius 1 is 1.33 bits per heavy atom. The van der Waals surface area contributed by atoms with Gasteiger partial charge >= 0.3 is 0 Å². The average Bonchev–Trinajstić information content (AvgIpc) is 2.14. The fraction of sp³-hybridized carbons (Fsp3) is 0.818. The minimum absolute atomic E-state index is 0.0437. The summed E-state index contributed by atoms with van der Waals surface area (Å²) in [5.41, 5.74) is 0. The monoisotopic (exact) mass is 215 g/mol. The van der Waals surface area contributed by atoms with E-state index in [9.17, 15) is 9.59 Å². The van der Waals surface area contributed by atoms with Crippen LogP contribution in [0.4, 0.5) is 0 Å². The molecule has 0 saturated carbocycles. The van der Waals surface area contributed by atoms with Crippen LogP contribution in [0.1, 0.15) is 39.5 Å². The van der Waals surface area contributed by atoms with Crippen molar-refractivity contribution in [2.24, 2.45) is 5.92 Å². The van der Waals surface area contributed by atoms with E-state index in [2.05, 4.69) is 12.2 Å². The number of carbonyl (C=O) groups is 2. The van der Waals surface area contributed by atoms with E-state index < -0.39 is 0 Å². The van der Waals surface area contributed by atoms with E-state index >= 15 is 0 Å². The number of carbonyl (C=O) groups excluding carboxylic acids is 2. The summed E-state index contributed by atoms with van der Waals surface area (Å²) < 4.78 is 0. The maximum atomic E-state index is 11.2. The van der Waals surface area contributed by atoms with Crippen LogP contribution >= 0.6 is 0 Å². The minimum atomic E-state index is -0.221. The number of hydrogen-bond donors (Lipinski definition) is 2. The molecule has 4 heteroatoms. The second-order valence-corrected chi connectivity index (χ2v) is 3.85. The number of aliphatic hydroxyl groups is 1. The Hall–Kier alpha value is -0.900. The molecule has 2 N–H and O–H groups in total. The van der Waals surface area contributed by atoms with Crippen molar-refractivity contribution in [3.63, 3.8) is 0 Å². The quantitative estimate of drug-likeness (QED) is 0.591. The van der Waals surface area contributed by atoms with Crippen LogP contribution in [0, 0.1) is 5.92 Å². The second-order valence-electron chi connectivity index (χ2n) is 3.85. The molecule has 0 aliphatic rings. The summed E-state index contributed by atoms with van der Waals surface area (Å²) in [4.78, 5) is 21.8. The SMILES string of the molecule is CCCC(CCO)CNC(=O)CC(C)=O. The third-order valence-corrected chi connectivity index (χ3v) is 2.23. The van der Waals surface area contributed by atoms with Crippen molar-refractivity contribution in [1.29, 1.82) is 0 Å². The van der Waals surface area contributed by atoms with Gasteiger partial charge < -0.3 is 10.4 Å². The van der Waals surface area contributed by atoms with Crippen molar-refractivity contribution in [3.05, 3.63) is 0 Å². The highest BCUT2D eigenvalue weighted by atomic mass is 16.3. The van der Waals surface area contributed by atoms with Crippen LogP contribution in [0.25, 0.3) is 0 Å². The lowest BCUT2D eigenvalue weighted by Crippen LogP contribution is -2.30. The van der Waals surface area contributed by atoms with Crippen LogP contribution in [-0.4, -0.2) is 29.9 Å². The van der Waals surface area contributed by atoms with Crippen molar-refractivity contribution in [2.45, 2.75) is 39.5 Å². The smallest absolute Gasteiger partial charge is 0.227 e. The molecule has 4 nitrogen and oxygen atoms in total. The lowest BCUT2D eigenvalue weighted by molar-refractivity contribution is -0.127. The van der Waals surface area contributed by atoms with E-state index in [-0.39, 0.29) is 24.7 Å². The van der Waals surface area contributed by atoms with Gasteiger partial charge in [0.15, 0.2) is 0 Å². The van der Waals surface area contributed by atoms with Gasteiger partial charge in [-0.25, -0.2) is 0 Å². The topological polar surface area (TPSA) is 66.4 Å². The molecular formula is C11H21NO3. The molecule has 0 bridgehead atoms. The highest BCUT2D eigenvalue weighted by Gasteiger charge is 2.10. The summed E-state index contributed by atoms with van der Waals surface area (Å²) in [6, 6.07) is 0. The van der Waals surface area contributed by atoms with E-state index in [0.717, 1.165) is 12.8 Å². The minimum Gasteiger partial charge on any atom is -0.396 e. The zero-order valence-corrected chi connectivity index (χ0v) is 9.58. The Morgan fingerprint density at radius 2 is 2.00 bits per heavy atom. The largest absolute Gasteiger partial charge is 0.396 e. The number of hydrogen-bond acceptors (Lipinski definition) is 3. The maximum Gasteiger partial charge on any atom is 0.227 e. The van der Waals surface area contributed by atoms with Crippen LogP contribution in [-0.2, 0) is 9.59 Å². The van der Waals surface area contributed by atoms with Crippen LogP contribution in [0.3, 0.4) is 0 Å². The average molecular weight is 215 g/mol. The molecule has 0 saturated heterocycles. The van der Waals surface area contributed by atoms with Gasteiger partial charge in [0.25, 0.3) is 0 Å². The van der Waals surface area contributed by atoms with Crippen LogP contribution in [0.2, 0.25) is 0 Å². The molecule has 0 spiro atoms. The molecule has 0 aromatic heterocycles. The Bertz CT molecular complexity index is 198. The predicted molar refractivity (Wildman–Crippen MR) is 58.4 cm³/mol. The van der Waals surface area contributed by atoms with Gasteiger partial charge in [-0.15, -0.1) is 0 Å². The van der Waals surface area contributed by atoms with Gasteiger partial charge in [-0.1, -0.05) is 13.3 Å². The van der Waals surface area contributed by atoms with E-state index in [1.54, 1.807) is 0 Å². The van der Waals surface area contributed by atoms with E-state index in [4.69, 9.17) is 5.11 Å². The molecule has 1 atom stereocenters. The molecule has 0 aliphatic carbocycles. The molecular weight excluding hydrogens is 194 g/mol. The molecule has 0 fully saturated rings. The van der Waals surface area contributed by atoms with Crippen molar-refractivity contribution in [1.82, 2.24) is 5.32 Å². The molecule has 1 amide bonds. The van der Waals surface area contributed by atoms with Gasteiger partial charge in [-0.2, -0.15) is 0 Å². The van der Waals surface area contributed by atoms with E-state index in [0.29, 0.717) is 18.9 Å². The number of amides is 1. The molecule has 0 radical (unpaired) electrons. The third kappa shape index (κ3) is 8.12. The van der Waals surface area contributed by atoms with Crippen molar-refractivity contribution < 1.29 is 14.7 Å². The summed E-state index contributed by atoms with van der Waals surface area (Å²) in [6.45, 7) is 4.17. The zero-order chi connectivity index (χ0) is 11.7. The molecule has 88 valence electrons. The first-order valence-corrected chi connectivity index (χ1v) is 5.47. The predicted octanol–water partition coefficient (Wildman–Crippen LogP) is 0.880. The van der Waals surface area contributed by atoms with Gasteiger partial charge in [-0.3, -0.25) is 9.59 Å². The lowest BCUT2D eigenvalue weighted by atomic mass is 10.0.